The van der Waals surface area contributed by atoms with Gasteiger partial charge in [-0.1, -0.05) is 48.2 Å². The fourth-order valence-corrected chi connectivity index (χ4v) is 3.14. The van der Waals surface area contributed by atoms with Crippen LogP contribution in [0, 0.1) is 5.92 Å². The van der Waals surface area contributed by atoms with Crippen LogP contribution >= 0.6 is 11.6 Å². The predicted molar refractivity (Wildman–Crippen MR) is 87.9 cm³/mol. The third-order valence-corrected chi connectivity index (χ3v) is 4.59. The van der Waals surface area contributed by atoms with E-state index in [4.69, 9.17) is 16.1 Å². The van der Waals surface area contributed by atoms with Gasteiger partial charge in [0, 0.05) is 11.5 Å². The van der Waals surface area contributed by atoms with Crippen LogP contribution in [0.3, 0.4) is 0 Å². The summed E-state index contributed by atoms with van der Waals surface area (Å²) in [6.45, 7) is 1.85. The molecule has 5 nitrogen and oxygen atoms in total. The summed E-state index contributed by atoms with van der Waals surface area (Å²) >= 11 is 6.14. The molecular weight excluding hydrogens is 314 g/mol. The first-order valence-corrected chi connectivity index (χ1v) is 8.42. The molecule has 1 aromatic carbocycles. The number of hydrogen-bond donors (Lipinski definition) is 1. The molecule has 2 aromatic rings. The fraction of sp³-hybridized carbons (Fsp3) is 0.471. The minimum absolute atomic E-state index is 0.0784. The van der Waals surface area contributed by atoms with Crippen LogP contribution < -0.4 is 5.32 Å². The fourth-order valence-electron chi connectivity index (χ4n) is 2.92. The van der Waals surface area contributed by atoms with Crippen LogP contribution in [-0.2, 0) is 4.79 Å². The van der Waals surface area contributed by atoms with E-state index in [0.717, 1.165) is 31.2 Å². The Morgan fingerprint density at radius 2 is 2.04 bits per heavy atom. The van der Waals surface area contributed by atoms with Gasteiger partial charge in [-0.05, 0) is 31.9 Å². The Kier molecular flexibility index (Phi) is 4.96. The van der Waals surface area contributed by atoms with Gasteiger partial charge < -0.3 is 9.84 Å². The zero-order chi connectivity index (χ0) is 16.2. The minimum atomic E-state index is -0.312. The smallest absolute Gasteiger partial charge is 0.249 e. The lowest BCUT2D eigenvalue weighted by Crippen LogP contribution is -2.33. The standard InChI is InChI=1S/C17H20ClN3O2/c1-11(19-16(22)12-7-3-2-4-8-12)17-20-15(21-23-17)13-9-5-6-10-14(13)18/h5-6,9-12H,2-4,7-8H2,1H3,(H,19,22)/t11-/m1/s1. The predicted octanol–water partition coefficient (Wildman–Crippen LogP) is 4.15. The van der Waals surface area contributed by atoms with Crippen molar-refractivity contribution < 1.29 is 9.32 Å². The first kappa shape index (κ1) is 16.0. The molecule has 122 valence electrons. The number of halogens is 1. The van der Waals surface area contributed by atoms with E-state index in [1.165, 1.54) is 6.42 Å². The quantitative estimate of drug-likeness (QED) is 0.912. The summed E-state index contributed by atoms with van der Waals surface area (Å²) in [6.07, 6.45) is 5.41. The van der Waals surface area contributed by atoms with Crippen molar-refractivity contribution in [3.05, 3.63) is 35.2 Å². The maximum Gasteiger partial charge on any atom is 0.249 e. The number of nitrogens with zero attached hydrogens (tertiary/aromatic N) is 2. The van der Waals surface area contributed by atoms with Crippen molar-refractivity contribution in [3.63, 3.8) is 0 Å². The first-order valence-electron chi connectivity index (χ1n) is 8.04. The topological polar surface area (TPSA) is 68.0 Å². The molecule has 1 N–H and O–H groups in total. The lowest BCUT2D eigenvalue weighted by Gasteiger charge is -2.22. The van der Waals surface area contributed by atoms with E-state index in [1.807, 2.05) is 25.1 Å². The number of nitrogens with one attached hydrogen (secondary N) is 1. The van der Waals surface area contributed by atoms with Crippen LogP contribution in [0.4, 0.5) is 0 Å². The molecule has 1 aliphatic rings. The Morgan fingerprint density at radius 1 is 1.30 bits per heavy atom. The number of amides is 1. The normalized spacial score (nSPS) is 17.0. The van der Waals surface area contributed by atoms with Crippen molar-refractivity contribution in [3.8, 4) is 11.4 Å². The summed E-state index contributed by atoms with van der Waals surface area (Å²) < 4.78 is 5.29. The van der Waals surface area contributed by atoms with E-state index >= 15 is 0 Å². The Bertz CT molecular complexity index is 680. The van der Waals surface area contributed by atoms with Gasteiger partial charge in [-0.15, -0.1) is 0 Å². The van der Waals surface area contributed by atoms with Crippen LogP contribution in [0.15, 0.2) is 28.8 Å². The summed E-state index contributed by atoms with van der Waals surface area (Å²) in [5.74, 6) is 1.01. The van der Waals surface area contributed by atoms with Crippen LogP contribution in [0.2, 0.25) is 5.02 Å². The highest BCUT2D eigenvalue weighted by Crippen LogP contribution is 2.27. The van der Waals surface area contributed by atoms with Gasteiger partial charge in [0.15, 0.2) is 0 Å². The molecule has 0 saturated heterocycles. The van der Waals surface area contributed by atoms with Crippen molar-refractivity contribution in [2.45, 2.75) is 45.1 Å². The van der Waals surface area contributed by atoms with Crippen molar-refractivity contribution in [1.29, 1.82) is 0 Å². The molecule has 0 unspecified atom stereocenters. The lowest BCUT2D eigenvalue weighted by molar-refractivity contribution is -0.126. The Hall–Kier alpha value is -1.88. The average molecular weight is 334 g/mol. The van der Waals surface area contributed by atoms with Gasteiger partial charge in [0.1, 0.15) is 6.04 Å². The number of aromatic nitrogens is 2. The molecule has 1 fully saturated rings. The molecule has 23 heavy (non-hydrogen) atoms. The average Bonchev–Trinajstić information content (AvgIpc) is 3.06. The Labute approximate surface area is 140 Å². The number of carbonyl (C=O) groups excluding carboxylic acids is 1. The molecule has 3 rings (SSSR count). The molecule has 1 heterocycles. The molecule has 1 aromatic heterocycles. The third kappa shape index (κ3) is 3.72. The third-order valence-electron chi connectivity index (χ3n) is 4.26. The van der Waals surface area contributed by atoms with Gasteiger partial charge in [0.05, 0.1) is 5.02 Å². The zero-order valence-electron chi connectivity index (χ0n) is 13.1. The van der Waals surface area contributed by atoms with E-state index in [9.17, 15) is 4.79 Å². The summed E-state index contributed by atoms with van der Waals surface area (Å²) in [5.41, 5.74) is 0.718. The van der Waals surface area contributed by atoms with Gasteiger partial charge in [0.2, 0.25) is 17.6 Å². The number of carbonyl (C=O) groups is 1. The summed E-state index contributed by atoms with van der Waals surface area (Å²) in [5, 5.41) is 7.51. The number of rotatable bonds is 4. The van der Waals surface area contributed by atoms with Crippen molar-refractivity contribution in [2.24, 2.45) is 5.92 Å². The Balaban J connectivity index is 1.67. The molecular formula is C17H20ClN3O2. The molecule has 1 saturated carbocycles. The second-order valence-electron chi connectivity index (χ2n) is 6.00. The molecule has 6 heteroatoms. The van der Waals surface area contributed by atoms with E-state index in [1.54, 1.807) is 6.07 Å². The van der Waals surface area contributed by atoms with Crippen LogP contribution in [-0.4, -0.2) is 16.0 Å². The van der Waals surface area contributed by atoms with E-state index in [-0.39, 0.29) is 17.9 Å². The molecule has 0 bridgehead atoms. The van der Waals surface area contributed by atoms with Gasteiger partial charge in [-0.25, -0.2) is 0 Å². The van der Waals surface area contributed by atoms with Crippen molar-refractivity contribution >= 4 is 17.5 Å². The van der Waals surface area contributed by atoms with E-state index in [0.29, 0.717) is 16.7 Å². The van der Waals surface area contributed by atoms with Gasteiger partial charge in [-0.2, -0.15) is 4.98 Å². The summed E-state index contributed by atoms with van der Waals surface area (Å²) in [7, 11) is 0. The summed E-state index contributed by atoms with van der Waals surface area (Å²) in [4.78, 5) is 16.7. The highest BCUT2D eigenvalue weighted by molar-refractivity contribution is 6.33. The van der Waals surface area contributed by atoms with E-state index < -0.39 is 0 Å². The van der Waals surface area contributed by atoms with Crippen LogP contribution in [0.5, 0.6) is 0 Å². The second kappa shape index (κ2) is 7.13. The molecule has 0 radical (unpaired) electrons. The SMILES string of the molecule is C[C@@H](NC(=O)C1CCCCC1)c1nc(-c2ccccc2Cl)no1. The first-order chi connectivity index (χ1) is 11.1. The molecule has 1 aliphatic carbocycles. The number of hydrogen-bond acceptors (Lipinski definition) is 4. The lowest BCUT2D eigenvalue weighted by atomic mass is 9.88. The number of benzene rings is 1. The van der Waals surface area contributed by atoms with Gasteiger partial charge >= 0.3 is 0 Å². The molecule has 1 amide bonds. The second-order valence-corrected chi connectivity index (χ2v) is 6.41. The summed E-state index contributed by atoms with van der Waals surface area (Å²) in [6, 6.07) is 7.02. The largest absolute Gasteiger partial charge is 0.344 e. The van der Waals surface area contributed by atoms with Crippen LogP contribution in [0.1, 0.15) is 51.0 Å². The van der Waals surface area contributed by atoms with Gasteiger partial charge in [-0.3, -0.25) is 4.79 Å². The van der Waals surface area contributed by atoms with Gasteiger partial charge in [0.25, 0.3) is 0 Å². The monoisotopic (exact) mass is 333 g/mol. The zero-order valence-corrected chi connectivity index (χ0v) is 13.8. The van der Waals surface area contributed by atoms with Crippen molar-refractivity contribution in [1.82, 2.24) is 15.5 Å². The maximum absolute atomic E-state index is 12.3. The Morgan fingerprint density at radius 3 is 2.78 bits per heavy atom. The van der Waals surface area contributed by atoms with Crippen molar-refractivity contribution in [2.75, 3.05) is 0 Å². The maximum atomic E-state index is 12.3. The molecule has 0 spiro atoms. The van der Waals surface area contributed by atoms with Crippen LogP contribution in [0.25, 0.3) is 11.4 Å². The van der Waals surface area contributed by atoms with E-state index in [2.05, 4.69) is 15.5 Å². The highest BCUT2D eigenvalue weighted by atomic mass is 35.5. The highest BCUT2D eigenvalue weighted by Gasteiger charge is 2.24. The molecule has 0 aliphatic heterocycles. The molecule has 1 atom stereocenters. The minimum Gasteiger partial charge on any atom is -0.344 e.